The van der Waals surface area contributed by atoms with Crippen molar-refractivity contribution < 1.29 is 8.78 Å². The summed E-state index contributed by atoms with van der Waals surface area (Å²) in [6.45, 7) is 9.72. The van der Waals surface area contributed by atoms with Crippen LogP contribution < -0.4 is 0 Å². The Balaban J connectivity index is 1.17. The van der Waals surface area contributed by atoms with E-state index in [0.717, 1.165) is 35.1 Å². The smallest absolute Gasteiger partial charge is 0.131 e. The molecule has 0 heterocycles. The van der Waals surface area contributed by atoms with Crippen molar-refractivity contribution >= 4 is 8.07 Å². The zero-order chi connectivity index (χ0) is 36.7. The van der Waals surface area contributed by atoms with Crippen molar-refractivity contribution in [1.29, 1.82) is 0 Å². The lowest BCUT2D eigenvalue weighted by Gasteiger charge is -2.41. The van der Waals surface area contributed by atoms with Gasteiger partial charge < -0.3 is 0 Å². The van der Waals surface area contributed by atoms with Crippen LogP contribution in [0.15, 0.2) is 191 Å². The lowest BCUT2D eigenvalue weighted by molar-refractivity contribution is 0.628. The average Bonchev–Trinajstić information content (AvgIpc) is 3.59. The van der Waals surface area contributed by atoms with Gasteiger partial charge in [-0.3, -0.25) is 0 Å². The van der Waals surface area contributed by atoms with E-state index in [-0.39, 0.29) is 23.5 Å². The summed E-state index contributed by atoms with van der Waals surface area (Å²) in [6, 6.07) is 31.2. The van der Waals surface area contributed by atoms with Gasteiger partial charge in [-0.15, -0.1) is 0 Å². The van der Waals surface area contributed by atoms with E-state index in [1.807, 2.05) is 72.8 Å². The molecule has 4 atom stereocenters. The summed E-state index contributed by atoms with van der Waals surface area (Å²) in [4.78, 5) is 0. The topological polar surface area (TPSA) is 0 Å². The van der Waals surface area contributed by atoms with Crippen LogP contribution in [0.3, 0.4) is 0 Å². The number of hydrogen-bond donors (Lipinski definition) is 0. The van der Waals surface area contributed by atoms with E-state index in [1.165, 1.54) is 33.4 Å². The molecule has 3 heteroatoms. The third kappa shape index (κ3) is 6.25. The molecular formula is C50H46F2Si. The lowest BCUT2D eigenvalue weighted by Crippen LogP contribution is -2.40. The summed E-state index contributed by atoms with van der Waals surface area (Å²) in [7, 11) is -2.21. The first-order valence-corrected chi connectivity index (χ1v) is 22.2. The first kappa shape index (κ1) is 34.9. The predicted molar refractivity (Wildman–Crippen MR) is 221 cm³/mol. The molecule has 0 nitrogen and oxygen atoms in total. The largest absolute Gasteiger partial charge is 0.206 e. The summed E-state index contributed by atoms with van der Waals surface area (Å²) in [5, 5.41) is 0. The minimum absolute atomic E-state index is 0.0321. The van der Waals surface area contributed by atoms with Crippen LogP contribution in [-0.4, -0.2) is 8.07 Å². The fourth-order valence-electron chi connectivity index (χ4n) is 9.54. The summed E-state index contributed by atoms with van der Waals surface area (Å²) in [5.74, 6) is -0.441. The molecule has 4 aliphatic carbocycles. The molecule has 0 saturated heterocycles. The molecule has 0 N–H and O–H groups in total. The fourth-order valence-corrected chi connectivity index (χ4v) is 14.5. The average molecular weight is 713 g/mol. The zero-order valence-electron chi connectivity index (χ0n) is 31.0. The predicted octanol–water partition coefficient (Wildman–Crippen LogP) is 14.2. The second-order valence-electron chi connectivity index (χ2n) is 15.3. The number of benzene rings is 4. The fraction of sp³-hybridized carbons (Fsp3) is 0.200. The molecule has 0 saturated carbocycles. The van der Waals surface area contributed by atoms with Crippen molar-refractivity contribution in [3.63, 3.8) is 0 Å². The van der Waals surface area contributed by atoms with Gasteiger partial charge in [0.1, 0.15) is 11.6 Å². The molecule has 0 aliphatic heterocycles. The van der Waals surface area contributed by atoms with Crippen LogP contribution in [0.1, 0.15) is 49.7 Å². The summed E-state index contributed by atoms with van der Waals surface area (Å²) < 4.78 is 31.6. The molecule has 8 rings (SSSR count). The van der Waals surface area contributed by atoms with Gasteiger partial charge in [0.15, 0.2) is 0 Å². The number of allylic oxidation sites excluding steroid dienone is 16. The second-order valence-corrected chi connectivity index (χ2v) is 20.1. The highest BCUT2D eigenvalue weighted by Crippen LogP contribution is 2.59. The Morgan fingerprint density at radius 1 is 0.509 bits per heavy atom. The Kier molecular flexibility index (Phi) is 9.47. The Morgan fingerprint density at radius 3 is 1.30 bits per heavy atom. The molecule has 0 radical (unpaired) electrons. The minimum atomic E-state index is -2.21. The van der Waals surface area contributed by atoms with Crippen molar-refractivity contribution in [3.05, 3.63) is 214 Å². The summed E-state index contributed by atoms with van der Waals surface area (Å²) in [6.07, 6.45) is 24.6. The monoisotopic (exact) mass is 712 g/mol. The maximum absolute atomic E-state index is 15.8. The summed E-state index contributed by atoms with van der Waals surface area (Å²) in [5.41, 5.74) is 13.9. The highest BCUT2D eigenvalue weighted by molar-refractivity contribution is 6.83. The van der Waals surface area contributed by atoms with Gasteiger partial charge in [0.05, 0.1) is 8.07 Å². The molecule has 53 heavy (non-hydrogen) atoms. The lowest BCUT2D eigenvalue weighted by atomic mass is 9.88. The van der Waals surface area contributed by atoms with Crippen molar-refractivity contribution in [2.45, 2.75) is 62.7 Å². The Bertz CT molecular complexity index is 2150. The van der Waals surface area contributed by atoms with Crippen molar-refractivity contribution in [3.8, 4) is 22.3 Å². The molecule has 0 aromatic heterocycles. The maximum Gasteiger partial charge on any atom is 0.131 e. The van der Waals surface area contributed by atoms with Crippen LogP contribution in [0.5, 0.6) is 0 Å². The highest BCUT2D eigenvalue weighted by atomic mass is 28.3. The van der Waals surface area contributed by atoms with E-state index in [4.69, 9.17) is 0 Å². The molecule has 4 aromatic rings. The molecule has 0 fully saturated rings. The molecule has 0 bridgehead atoms. The first-order chi connectivity index (χ1) is 25.8. The van der Waals surface area contributed by atoms with E-state index in [1.54, 1.807) is 12.1 Å². The third-order valence-corrected chi connectivity index (χ3v) is 16.3. The molecule has 4 unspecified atom stereocenters. The van der Waals surface area contributed by atoms with E-state index >= 15 is 8.78 Å². The van der Waals surface area contributed by atoms with Gasteiger partial charge in [-0.2, -0.15) is 0 Å². The normalized spacial score (nSPS) is 22.1. The number of hydrogen-bond acceptors (Lipinski definition) is 0. The molecule has 4 aromatic carbocycles. The van der Waals surface area contributed by atoms with Gasteiger partial charge in [0, 0.05) is 34.0 Å². The Hall–Kier alpha value is -5.12. The maximum atomic E-state index is 15.8. The van der Waals surface area contributed by atoms with E-state index in [9.17, 15) is 0 Å². The van der Waals surface area contributed by atoms with Crippen LogP contribution in [0.4, 0.5) is 8.78 Å². The minimum Gasteiger partial charge on any atom is -0.206 e. The zero-order valence-corrected chi connectivity index (χ0v) is 32.0. The molecule has 0 spiro atoms. The van der Waals surface area contributed by atoms with Gasteiger partial charge >= 0.3 is 0 Å². The summed E-state index contributed by atoms with van der Waals surface area (Å²) >= 11 is 0. The van der Waals surface area contributed by atoms with Gasteiger partial charge in [0.25, 0.3) is 0 Å². The van der Waals surface area contributed by atoms with Crippen molar-refractivity contribution in [2.75, 3.05) is 0 Å². The molecule has 4 aliphatic rings. The highest BCUT2D eigenvalue weighted by Gasteiger charge is 2.49. The number of halogens is 2. The Morgan fingerprint density at radius 2 is 0.925 bits per heavy atom. The van der Waals surface area contributed by atoms with E-state index < -0.39 is 8.07 Å². The van der Waals surface area contributed by atoms with Crippen molar-refractivity contribution in [2.24, 2.45) is 0 Å². The van der Waals surface area contributed by atoms with Crippen molar-refractivity contribution in [1.82, 2.24) is 0 Å². The molecule has 264 valence electrons. The SMILES string of the molecule is CCC1=CC2=C(C=CC=CC2c2ccc(-c3ccccc3)c(F)c2)C1[Si](C)(C)C1C(CC)=CC2=C1C=CC=CC2c1ccc(-c2ccccc2)c(F)c1. The van der Waals surface area contributed by atoms with Crippen LogP contribution in [0, 0.1) is 11.6 Å². The second kappa shape index (κ2) is 14.4. The standard InChI is InChI=1S/C50H46F2Si/c1-5-33-29-45-39(37-25-27-41(47(51)31-37)35-17-9-7-10-18-35)21-13-15-23-43(45)49(33)53(3,4)50-34(6-2)30-46-40(22-14-16-24-44(46)50)38-26-28-42(48(52)32-38)36-19-11-8-12-20-36/h7-32,39-40,49-50H,5-6H2,1-4H3. The van der Waals surface area contributed by atoms with Crippen LogP contribution >= 0.6 is 0 Å². The van der Waals surface area contributed by atoms with Crippen LogP contribution in [-0.2, 0) is 0 Å². The number of rotatable bonds is 8. The van der Waals surface area contributed by atoms with Gasteiger partial charge in [-0.1, -0.05) is 184 Å². The van der Waals surface area contributed by atoms with Gasteiger partial charge in [-0.05, 0) is 69.5 Å². The van der Waals surface area contributed by atoms with E-state index in [0.29, 0.717) is 22.2 Å². The quantitative estimate of drug-likeness (QED) is 0.160. The molecule has 0 amide bonds. The van der Waals surface area contributed by atoms with Crippen LogP contribution in [0.2, 0.25) is 24.2 Å². The first-order valence-electron chi connectivity index (χ1n) is 19.1. The van der Waals surface area contributed by atoms with Crippen LogP contribution in [0.25, 0.3) is 22.3 Å². The Labute approximate surface area is 314 Å². The van der Waals surface area contributed by atoms with Gasteiger partial charge in [0.2, 0.25) is 0 Å². The molecular weight excluding hydrogens is 667 g/mol. The van der Waals surface area contributed by atoms with Gasteiger partial charge in [-0.25, -0.2) is 8.78 Å². The third-order valence-electron chi connectivity index (χ3n) is 11.9. The van der Waals surface area contributed by atoms with E-state index in [2.05, 4.69) is 99.8 Å².